The van der Waals surface area contributed by atoms with Gasteiger partial charge in [0.2, 0.25) is 0 Å². The molecule has 3 nitrogen and oxygen atoms in total. The fourth-order valence-electron chi connectivity index (χ4n) is 5.99. The number of fused-ring (bicyclic) bond motifs is 3. The predicted molar refractivity (Wildman–Crippen MR) is 89.0 cm³/mol. The summed E-state index contributed by atoms with van der Waals surface area (Å²) in [4.78, 5) is 13.0. The molecule has 4 aliphatic rings. The lowest BCUT2D eigenvalue weighted by Gasteiger charge is -2.36. The van der Waals surface area contributed by atoms with Crippen molar-refractivity contribution < 1.29 is 14.6 Å². The van der Waals surface area contributed by atoms with Gasteiger partial charge in [-0.15, -0.1) is 0 Å². The number of rotatable bonds is 2. The Morgan fingerprint density at radius 2 is 1.43 bits per heavy atom. The van der Waals surface area contributed by atoms with Crippen molar-refractivity contribution in [1.82, 2.24) is 0 Å². The molecule has 0 radical (unpaired) electrons. The van der Waals surface area contributed by atoms with Gasteiger partial charge >= 0.3 is 0 Å². The Morgan fingerprint density at radius 3 is 2.17 bits per heavy atom. The zero-order valence-electron chi connectivity index (χ0n) is 14.5. The zero-order valence-corrected chi connectivity index (χ0v) is 14.5. The van der Waals surface area contributed by atoms with Crippen molar-refractivity contribution in [2.75, 3.05) is 0 Å². The molecule has 0 bridgehead atoms. The number of hydrogen-bond acceptors (Lipinski definition) is 3. The number of aliphatic hydroxyl groups excluding tert-OH is 1. The molecule has 4 rings (SSSR count). The number of ether oxygens (including phenoxy) is 1. The van der Waals surface area contributed by atoms with Crippen LogP contribution in [-0.4, -0.2) is 29.2 Å². The largest absolute Gasteiger partial charge is 0.393 e. The lowest BCUT2D eigenvalue weighted by molar-refractivity contribution is -0.130. The van der Waals surface area contributed by atoms with Crippen LogP contribution in [0.1, 0.15) is 71.1 Å². The van der Waals surface area contributed by atoms with Crippen LogP contribution in [0.4, 0.5) is 0 Å². The van der Waals surface area contributed by atoms with Crippen molar-refractivity contribution in [3.8, 4) is 0 Å². The van der Waals surface area contributed by atoms with E-state index in [0.717, 1.165) is 50.9 Å². The Bertz CT molecular complexity index is 440. The average Bonchev–Trinajstić information content (AvgIpc) is 2.92. The molecular formula is C20H32O3. The summed E-state index contributed by atoms with van der Waals surface area (Å²) >= 11 is 0. The van der Waals surface area contributed by atoms with Gasteiger partial charge in [-0.05, 0) is 82.0 Å². The summed E-state index contributed by atoms with van der Waals surface area (Å²) in [5.74, 6) is 3.20. The van der Waals surface area contributed by atoms with Crippen LogP contribution in [0.15, 0.2) is 0 Å². The van der Waals surface area contributed by atoms with Gasteiger partial charge < -0.3 is 9.84 Å². The summed E-state index contributed by atoms with van der Waals surface area (Å²) in [6, 6.07) is 0. The van der Waals surface area contributed by atoms with Gasteiger partial charge in [-0.1, -0.05) is 6.92 Å². The van der Waals surface area contributed by atoms with Gasteiger partial charge in [-0.3, -0.25) is 4.79 Å². The van der Waals surface area contributed by atoms with E-state index >= 15 is 0 Å². The van der Waals surface area contributed by atoms with E-state index in [0.29, 0.717) is 29.8 Å². The molecule has 1 heterocycles. The van der Waals surface area contributed by atoms with E-state index in [4.69, 9.17) is 4.74 Å². The minimum atomic E-state index is -0.164. The lowest BCUT2D eigenvalue weighted by Crippen LogP contribution is -2.37. The highest BCUT2D eigenvalue weighted by Crippen LogP contribution is 2.50. The lowest BCUT2D eigenvalue weighted by atomic mass is 9.66. The Kier molecular flexibility index (Phi) is 4.53. The smallest absolute Gasteiger partial charge is 0.139 e. The normalized spacial score (nSPS) is 50.2. The number of Topliss-reactive ketones (excluding diaryl/α,β-unsaturated/α-hetero) is 1. The number of carbonyl (C=O) groups excluding carboxylic acids is 1. The van der Waals surface area contributed by atoms with Crippen LogP contribution in [0.3, 0.4) is 0 Å². The molecule has 23 heavy (non-hydrogen) atoms. The minimum Gasteiger partial charge on any atom is -0.393 e. The molecule has 1 N–H and O–H groups in total. The van der Waals surface area contributed by atoms with Gasteiger partial charge in [0.15, 0.2) is 0 Å². The Hall–Kier alpha value is -0.410. The van der Waals surface area contributed by atoms with Crippen LogP contribution in [0.25, 0.3) is 0 Å². The van der Waals surface area contributed by atoms with Crippen LogP contribution in [0.2, 0.25) is 0 Å². The van der Waals surface area contributed by atoms with Crippen LogP contribution in [0, 0.1) is 29.6 Å². The molecule has 3 aliphatic carbocycles. The second-order valence-electron chi connectivity index (χ2n) is 8.88. The average molecular weight is 320 g/mol. The molecule has 130 valence electrons. The first-order valence-electron chi connectivity index (χ1n) is 9.99. The first-order valence-corrected chi connectivity index (χ1v) is 9.99. The summed E-state index contributed by atoms with van der Waals surface area (Å²) in [5, 5.41) is 9.67. The number of ketones is 1. The fourth-order valence-corrected chi connectivity index (χ4v) is 5.99. The maximum atomic E-state index is 13.0. The second kappa shape index (κ2) is 6.48. The van der Waals surface area contributed by atoms with Crippen molar-refractivity contribution in [2.24, 2.45) is 29.6 Å². The molecule has 0 spiro atoms. The highest BCUT2D eigenvalue weighted by Gasteiger charge is 2.49. The summed E-state index contributed by atoms with van der Waals surface area (Å²) in [7, 11) is 0. The van der Waals surface area contributed by atoms with Crippen molar-refractivity contribution in [3.05, 3.63) is 0 Å². The monoisotopic (exact) mass is 320 g/mol. The molecular weight excluding hydrogens is 288 g/mol. The van der Waals surface area contributed by atoms with Crippen molar-refractivity contribution in [2.45, 2.75) is 89.4 Å². The van der Waals surface area contributed by atoms with Crippen LogP contribution in [-0.2, 0) is 9.53 Å². The third-order valence-corrected chi connectivity index (χ3v) is 7.33. The maximum Gasteiger partial charge on any atom is 0.139 e. The van der Waals surface area contributed by atoms with E-state index in [9.17, 15) is 9.90 Å². The van der Waals surface area contributed by atoms with Crippen molar-refractivity contribution in [1.29, 1.82) is 0 Å². The molecule has 0 aromatic rings. The van der Waals surface area contributed by atoms with Gasteiger partial charge in [0.1, 0.15) is 5.78 Å². The maximum absolute atomic E-state index is 13.0. The van der Waals surface area contributed by atoms with Crippen LogP contribution >= 0.6 is 0 Å². The van der Waals surface area contributed by atoms with E-state index in [1.54, 1.807) is 0 Å². The minimum absolute atomic E-state index is 0.164. The molecule has 0 amide bonds. The van der Waals surface area contributed by atoms with E-state index in [1.165, 1.54) is 19.3 Å². The number of carbonyl (C=O) groups is 1. The molecule has 0 aromatic carbocycles. The fraction of sp³-hybridized carbons (Fsp3) is 0.950. The molecule has 4 fully saturated rings. The van der Waals surface area contributed by atoms with Crippen LogP contribution in [0.5, 0.6) is 0 Å². The summed E-state index contributed by atoms with van der Waals surface area (Å²) in [5.41, 5.74) is 0. The second-order valence-corrected chi connectivity index (χ2v) is 8.88. The molecule has 3 saturated carbocycles. The molecule has 1 saturated heterocycles. The van der Waals surface area contributed by atoms with E-state index in [-0.39, 0.29) is 17.9 Å². The summed E-state index contributed by atoms with van der Waals surface area (Å²) < 4.78 is 6.36. The first kappa shape index (κ1) is 16.1. The predicted octanol–water partition coefficient (Wildman–Crippen LogP) is 3.73. The third kappa shape index (κ3) is 3.11. The van der Waals surface area contributed by atoms with E-state index in [1.807, 2.05) is 0 Å². The molecule has 1 aliphatic heterocycles. The standard InChI is InChI=1S/C20H32O3/c1-12-2-8-18-16(10-12)17-11-14(5-9-19(17)23-18)20(22)13-3-6-15(21)7-4-13/h12-19,21H,2-11H2,1H3. The first-order chi connectivity index (χ1) is 11.1. The topological polar surface area (TPSA) is 46.5 Å². The number of hydrogen-bond donors (Lipinski definition) is 1. The Morgan fingerprint density at radius 1 is 0.826 bits per heavy atom. The van der Waals surface area contributed by atoms with E-state index in [2.05, 4.69) is 6.92 Å². The van der Waals surface area contributed by atoms with Gasteiger partial charge in [0, 0.05) is 11.8 Å². The number of aliphatic hydroxyl groups is 1. The van der Waals surface area contributed by atoms with Gasteiger partial charge in [0.05, 0.1) is 18.3 Å². The summed E-state index contributed by atoms with van der Waals surface area (Å²) in [6.45, 7) is 2.38. The third-order valence-electron chi connectivity index (χ3n) is 7.33. The van der Waals surface area contributed by atoms with Crippen LogP contribution < -0.4 is 0 Å². The van der Waals surface area contributed by atoms with Crippen molar-refractivity contribution in [3.63, 3.8) is 0 Å². The SMILES string of the molecule is CC1CCC2OC3CCC(C(=O)C4CCC(O)CC4)CC3C2C1. The quantitative estimate of drug-likeness (QED) is 0.843. The molecule has 6 atom stereocenters. The van der Waals surface area contributed by atoms with Crippen molar-refractivity contribution >= 4 is 5.78 Å². The zero-order chi connectivity index (χ0) is 16.0. The molecule has 6 unspecified atom stereocenters. The highest BCUT2D eigenvalue weighted by atomic mass is 16.5. The molecule has 3 heteroatoms. The highest BCUT2D eigenvalue weighted by molar-refractivity contribution is 5.83. The molecule has 0 aromatic heterocycles. The van der Waals surface area contributed by atoms with Gasteiger partial charge in [-0.2, -0.15) is 0 Å². The Labute approximate surface area is 140 Å². The Balaban J connectivity index is 1.40. The van der Waals surface area contributed by atoms with Gasteiger partial charge in [-0.25, -0.2) is 0 Å². The van der Waals surface area contributed by atoms with Gasteiger partial charge in [0.25, 0.3) is 0 Å². The van der Waals surface area contributed by atoms with E-state index < -0.39 is 0 Å². The summed E-state index contributed by atoms with van der Waals surface area (Å²) in [6.07, 6.45) is 11.3.